The van der Waals surface area contributed by atoms with Crippen molar-refractivity contribution in [2.24, 2.45) is 0 Å². The number of esters is 1. The maximum absolute atomic E-state index is 12.2. The topological polar surface area (TPSA) is 38.8 Å². The van der Waals surface area contributed by atoms with Gasteiger partial charge in [-0.2, -0.15) is 0 Å². The highest BCUT2D eigenvalue weighted by Crippen LogP contribution is 2.17. The highest BCUT2D eigenvalue weighted by Gasteiger charge is 2.15. The van der Waals surface area contributed by atoms with Gasteiger partial charge in [-0.3, -0.25) is 0 Å². The van der Waals surface area contributed by atoms with E-state index in [-0.39, 0.29) is 5.97 Å². The molecule has 0 unspecified atom stereocenters. The van der Waals surface area contributed by atoms with Crippen molar-refractivity contribution in [3.05, 3.63) is 65.2 Å². The van der Waals surface area contributed by atoms with Crippen molar-refractivity contribution < 1.29 is 14.3 Å². The summed E-state index contributed by atoms with van der Waals surface area (Å²) >= 11 is 5.53. The second kappa shape index (κ2) is 7.55. The normalized spacial score (nSPS) is 14.3. The first-order chi connectivity index (χ1) is 11.6. The summed E-state index contributed by atoms with van der Waals surface area (Å²) in [6, 6.07) is 14.7. The molecule has 3 rings (SSSR count). The minimum atomic E-state index is -0.359. The van der Waals surface area contributed by atoms with Gasteiger partial charge in [0, 0.05) is 18.7 Å². The van der Waals surface area contributed by atoms with Crippen LogP contribution < -0.4 is 4.74 Å². The van der Waals surface area contributed by atoms with Gasteiger partial charge in [-0.05, 0) is 43.3 Å². The van der Waals surface area contributed by atoms with Gasteiger partial charge < -0.3 is 14.4 Å². The van der Waals surface area contributed by atoms with Gasteiger partial charge in [0.05, 0.1) is 18.8 Å². The number of ether oxygens (including phenoxy) is 2. The Bertz CT molecular complexity index is 737. The number of hydrogen-bond donors (Lipinski definition) is 0. The van der Waals surface area contributed by atoms with Crippen LogP contribution in [0, 0.1) is 6.92 Å². The van der Waals surface area contributed by atoms with Crippen LogP contribution in [0.5, 0.6) is 5.75 Å². The second-order valence-electron chi connectivity index (χ2n) is 5.69. The van der Waals surface area contributed by atoms with Gasteiger partial charge in [0.25, 0.3) is 0 Å². The number of nitrogens with zero attached hydrogens (tertiary/aromatic N) is 1. The molecule has 1 aliphatic heterocycles. The SMILES string of the molecule is Cc1cccc(C(=O)Oc2ccc(C(=S)N3CCOCC3)cc2)c1. The summed E-state index contributed by atoms with van der Waals surface area (Å²) in [7, 11) is 0. The fraction of sp³-hybridized carbons (Fsp3) is 0.263. The van der Waals surface area contributed by atoms with E-state index in [1.54, 1.807) is 18.2 Å². The molecule has 124 valence electrons. The van der Waals surface area contributed by atoms with Crippen molar-refractivity contribution in [2.45, 2.75) is 6.92 Å². The van der Waals surface area contributed by atoms with E-state index in [1.807, 2.05) is 37.3 Å². The Kier molecular flexibility index (Phi) is 5.23. The van der Waals surface area contributed by atoms with E-state index < -0.39 is 0 Å². The summed E-state index contributed by atoms with van der Waals surface area (Å²) in [5, 5.41) is 0. The molecule has 0 N–H and O–H groups in total. The van der Waals surface area contributed by atoms with Gasteiger partial charge in [-0.25, -0.2) is 4.79 Å². The number of rotatable bonds is 3. The number of hydrogen-bond acceptors (Lipinski definition) is 4. The molecule has 0 bridgehead atoms. The fourth-order valence-corrected chi connectivity index (χ4v) is 2.87. The molecule has 4 nitrogen and oxygen atoms in total. The van der Waals surface area contributed by atoms with Crippen LogP contribution in [0.2, 0.25) is 0 Å². The van der Waals surface area contributed by atoms with Crippen molar-refractivity contribution in [1.29, 1.82) is 0 Å². The van der Waals surface area contributed by atoms with Crippen LogP contribution in [-0.4, -0.2) is 42.2 Å². The van der Waals surface area contributed by atoms with Crippen LogP contribution in [0.4, 0.5) is 0 Å². The molecule has 0 atom stereocenters. The number of thiocarbonyl (C=S) groups is 1. The molecule has 2 aromatic carbocycles. The van der Waals surface area contributed by atoms with E-state index in [0.717, 1.165) is 29.2 Å². The Hall–Kier alpha value is -2.24. The molecule has 0 aliphatic carbocycles. The lowest BCUT2D eigenvalue weighted by Crippen LogP contribution is -2.40. The van der Waals surface area contributed by atoms with E-state index >= 15 is 0 Å². The van der Waals surface area contributed by atoms with Crippen LogP contribution >= 0.6 is 12.2 Å². The lowest BCUT2D eigenvalue weighted by molar-refractivity contribution is 0.0692. The maximum Gasteiger partial charge on any atom is 0.343 e. The molecular weight excluding hydrogens is 322 g/mol. The van der Waals surface area contributed by atoms with Gasteiger partial charge in [0.2, 0.25) is 0 Å². The third-order valence-electron chi connectivity index (χ3n) is 3.86. The van der Waals surface area contributed by atoms with E-state index in [1.165, 1.54) is 0 Å². The quantitative estimate of drug-likeness (QED) is 0.487. The molecule has 1 saturated heterocycles. The van der Waals surface area contributed by atoms with Crippen molar-refractivity contribution >= 4 is 23.2 Å². The number of carbonyl (C=O) groups excluding carboxylic acids is 1. The molecule has 0 spiro atoms. The van der Waals surface area contributed by atoms with Gasteiger partial charge in [-0.1, -0.05) is 29.9 Å². The molecule has 0 saturated carbocycles. The molecule has 1 aliphatic rings. The largest absolute Gasteiger partial charge is 0.423 e. The molecule has 2 aromatic rings. The Balaban J connectivity index is 1.66. The standard InChI is InChI=1S/C19H19NO3S/c1-14-3-2-4-16(13-14)19(21)23-17-7-5-15(6-8-17)18(24)20-9-11-22-12-10-20/h2-8,13H,9-12H2,1H3. The summed E-state index contributed by atoms with van der Waals surface area (Å²) in [5.41, 5.74) is 2.51. The Morgan fingerprint density at radius 1 is 1.08 bits per heavy atom. The predicted octanol–water partition coefficient (Wildman–Crippen LogP) is 3.22. The number of aryl methyl sites for hydroxylation is 1. The average Bonchev–Trinajstić information content (AvgIpc) is 2.62. The first kappa shape index (κ1) is 16.6. The van der Waals surface area contributed by atoms with Gasteiger partial charge >= 0.3 is 5.97 Å². The molecule has 0 amide bonds. The van der Waals surface area contributed by atoms with Crippen molar-refractivity contribution in [2.75, 3.05) is 26.3 Å². The molecule has 1 fully saturated rings. The van der Waals surface area contributed by atoms with Crippen LogP contribution in [0.25, 0.3) is 0 Å². The zero-order chi connectivity index (χ0) is 16.9. The van der Waals surface area contributed by atoms with E-state index in [0.29, 0.717) is 24.5 Å². The highest BCUT2D eigenvalue weighted by atomic mass is 32.1. The molecular formula is C19H19NO3S. The number of benzene rings is 2. The third kappa shape index (κ3) is 3.99. The summed E-state index contributed by atoms with van der Waals surface area (Å²) in [5.74, 6) is 0.150. The molecule has 5 heteroatoms. The van der Waals surface area contributed by atoms with Crippen molar-refractivity contribution in [3.8, 4) is 5.75 Å². The molecule has 0 aromatic heterocycles. The van der Waals surface area contributed by atoms with Gasteiger partial charge in [-0.15, -0.1) is 0 Å². The number of carbonyl (C=O) groups is 1. The van der Waals surface area contributed by atoms with Gasteiger partial charge in [0.15, 0.2) is 0 Å². The Morgan fingerprint density at radius 2 is 1.79 bits per heavy atom. The fourth-order valence-electron chi connectivity index (χ4n) is 2.55. The summed E-state index contributed by atoms with van der Waals surface area (Å²) in [6.45, 7) is 4.96. The maximum atomic E-state index is 12.2. The summed E-state index contributed by atoms with van der Waals surface area (Å²) < 4.78 is 10.8. The lowest BCUT2D eigenvalue weighted by atomic mass is 10.1. The Labute approximate surface area is 147 Å². The number of morpholine rings is 1. The predicted molar refractivity (Wildman–Crippen MR) is 96.7 cm³/mol. The van der Waals surface area contributed by atoms with Crippen molar-refractivity contribution in [1.82, 2.24) is 4.90 Å². The monoisotopic (exact) mass is 341 g/mol. The molecule has 24 heavy (non-hydrogen) atoms. The first-order valence-corrected chi connectivity index (χ1v) is 8.30. The van der Waals surface area contributed by atoms with Crippen LogP contribution in [0.15, 0.2) is 48.5 Å². The van der Waals surface area contributed by atoms with E-state index in [9.17, 15) is 4.79 Å². The third-order valence-corrected chi connectivity index (χ3v) is 4.36. The summed E-state index contributed by atoms with van der Waals surface area (Å²) in [4.78, 5) is 15.1. The minimum absolute atomic E-state index is 0.359. The van der Waals surface area contributed by atoms with E-state index in [4.69, 9.17) is 21.7 Å². The zero-order valence-corrected chi connectivity index (χ0v) is 14.3. The van der Waals surface area contributed by atoms with Crippen LogP contribution in [0.3, 0.4) is 0 Å². The lowest BCUT2D eigenvalue weighted by Gasteiger charge is -2.29. The average molecular weight is 341 g/mol. The smallest absolute Gasteiger partial charge is 0.343 e. The van der Waals surface area contributed by atoms with Crippen molar-refractivity contribution in [3.63, 3.8) is 0 Å². The van der Waals surface area contributed by atoms with Crippen LogP contribution in [-0.2, 0) is 4.74 Å². The first-order valence-electron chi connectivity index (χ1n) is 7.89. The van der Waals surface area contributed by atoms with Gasteiger partial charge in [0.1, 0.15) is 10.7 Å². The highest BCUT2D eigenvalue weighted by molar-refractivity contribution is 7.80. The minimum Gasteiger partial charge on any atom is -0.423 e. The second-order valence-corrected chi connectivity index (χ2v) is 6.07. The molecule has 1 heterocycles. The molecule has 0 radical (unpaired) electrons. The van der Waals surface area contributed by atoms with Crippen LogP contribution in [0.1, 0.15) is 21.5 Å². The van der Waals surface area contributed by atoms with E-state index in [2.05, 4.69) is 4.90 Å². The Morgan fingerprint density at radius 3 is 2.46 bits per heavy atom. The summed E-state index contributed by atoms with van der Waals surface area (Å²) in [6.07, 6.45) is 0. The zero-order valence-electron chi connectivity index (χ0n) is 13.5.